The number of aromatic nitrogens is 2. The second-order valence-corrected chi connectivity index (χ2v) is 3.89. The summed E-state index contributed by atoms with van der Waals surface area (Å²) in [5, 5.41) is 4.15. The summed E-state index contributed by atoms with van der Waals surface area (Å²) in [6.07, 6.45) is 1.56. The van der Waals surface area contributed by atoms with Gasteiger partial charge in [0.15, 0.2) is 0 Å². The molecule has 0 fully saturated rings. The molecule has 4 nitrogen and oxygen atoms in total. The van der Waals surface area contributed by atoms with Gasteiger partial charge in [-0.1, -0.05) is 23.2 Å². The average Bonchev–Trinajstić information content (AvgIpc) is 2.24. The van der Waals surface area contributed by atoms with Crippen LogP contribution in [0.1, 0.15) is 0 Å². The van der Waals surface area contributed by atoms with Crippen molar-refractivity contribution in [3.63, 3.8) is 0 Å². The largest absolute Gasteiger partial charge is 0.368 e. The third-order valence-electron chi connectivity index (χ3n) is 1.87. The van der Waals surface area contributed by atoms with E-state index in [1.54, 1.807) is 30.5 Å². The molecule has 0 saturated carbocycles. The normalized spacial score (nSPS) is 10.1. The lowest BCUT2D eigenvalue weighted by Crippen LogP contribution is -1.99. The summed E-state index contributed by atoms with van der Waals surface area (Å²) in [6, 6.07) is 6.82. The molecule has 1 aromatic heterocycles. The number of rotatable bonds is 2. The van der Waals surface area contributed by atoms with Crippen LogP contribution in [0, 0.1) is 0 Å². The Kier molecular flexibility index (Phi) is 3.12. The molecule has 3 N–H and O–H groups in total. The highest BCUT2D eigenvalue weighted by Crippen LogP contribution is 2.27. The van der Waals surface area contributed by atoms with Gasteiger partial charge in [-0.2, -0.15) is 4.98 Å². The van der Waals surface area contributed by atoms with Crippen molar-refractivity contribution in [2.24, 2.45) is 0 Å². The lowest BCUT2D eigenvalue weighted by molar-refractivity contribution is 1.18. The number of nitrogens with one attached hydrogen (secondary N) is 1. The molecule has 1 aromatic carbocycles. The molecule has 1 heterocycles. The van der Waals surface area contributed by atoms with E-state index in [0.717, 1.165) is 0 Å². The molecule has 0 radical (unpaired) electrons. The van der Waals surface area contributed by atoms with Crippen molar-refractivity contribution in [3.05, 3.63) is 40.5 Å². The Labute approximate surface area is 102 Å². The van der Waals surface area contributed by atoms with Crippen LogP contribution in [0.4, 0.5) is 17.5 Å². The molecule has 0 amide bonds. The van der Waals surface area contributed by atoms with Crippen molar-refractivity contribution in [1.82, 2.24) is 9.97 Å². The van der Waals surface area contributed by atoms with Crippen molar-refractivity contribution in [3.8, 4) is 0 Å². The zero-order valence-electron chi connectivity index (χ0n) is 8.11. The number of benzene rings is 1. The van der Waals surface area contributed by atoms with E-state index in [0.29, 0.717) is 21.6 Å². The summed E-state index contributed by atoms with van der Waals surface area (Å²) in [7, 11) is 0. The first-order chi connectivity index (χ1) is 7.65. The number of anilines is 3. The van der Waals surface area contributed by atoms with Gasteiger partial charge in [0.25, 0.3) is 0 Å². The summed E-state index contributed by atoms with van der Waals surface area (Å²) < 4.78 is 0. The maximum Gasteiger partial charge on any atom is 0.221 e. The molecule has 82 valence electrons. The van der Waals surface area contributed by atoms with E-state index in [1.807, 2.05) is 0 Å². The van der Waals surface area contributed by atoms with Crippen molar-refractivity contribution in [2.75, 3.05) is 11.1 Å². The smallest absolute Gasteiger partial charge is 0.221 e. The standard InChI is InChI=1S/C10H8Cl2N4/c11-6-1-2-7(12)8(5-6)15-9-3-4-14-10(13)16-9/h1-5H,(H3,13,14,15,16). The third kappa shape index (κ3) is 2.53. The molecule has 2 rings (SSSR count). The predicted molar refractivity (Wildman–Crippen MR) is 66.2 cm³/mol. The monoisotopic (exact) mass is 254 g/mol. The third-order valence-corrected chi connectivity index (χ3v) is 2.43. The Morgan fingerprint density at radius 3 is 2.75 bits per heavy atom. The molecule has 0 aliphatic carbocycles. The Hall–Kier alpha value is -1.52. The summed E-state index contributed by atoms with van der Waals surface area (Å²) >= 11 is 11.8. The van der Waals surface area contributed by atoms with E-state index in [1.165, 1.54) is 0 Å². The fourth-order valence-corrected chi connectivity index (χ4v) is 1.51. The highest BCUT2D eigenvalue weighted by molar-refractivity contribution is 6.35. The van der Waals surface area contributed by atoms with Crippen LogP contribution in [0.2, 0.25) is 10.0 Å². The minimum atomic E-state index is 0.197. The van der Waals surface area contributed by atoms with E-state index in [2.05, 4.69) is 15.3 Å². The van der Waals surface area contributed by atoms with Crippen molar-refractivity contribution >= 4 is 40.7 Å². The van der Waals surface area contributed by atoms with E-state index >= 15 is 0 Å². The lowest BCUT2D eigenvalue weighted by atomic mass is 10.3. The summed E-state index contributed by atoms with van der Waals surface area (Å²) in [5.74, 6) is 0.764. The number of nitrogen functional groups attached to an aromatic ring is 1. The number of nitrogens with zero attached hydrogens (tertiary/aromatic N) is 2. The SMILES string of the molecule is Nc1nccc(Nc2cc(Cl)ccc2Cl)n1. The zero-order valence-corrected chi connectivity index (χ0v) is 9.63. The van der Waals surface area contributed by atoms with Crippen LogP contribution in [-0.4, -0.2) is 9.97 Å². The second-order valence-electron chi connectivity index (χ2n) is 3.05. The van der Waals surface area contributed by atoms with Gasteiger partial charge >= 0.3 is 0 Å². The molecular weight excluding hydrogens is 247 g/mol. The summed E-state index contributed by atoms with van der Waals surface area (Å²) in [4.78, 5) is 7.78. The van der Waals surface area contributed by atoms with Gasteiger partial charge in [-0.05, 0) is 24.3 Å². The number of halogens is 2. The molecule has 0 bridgehead atoms. The fourth-order valence-electron chi connectivity index (χ4n) is 1.17. The van der Waals surface area contributed by atoms with Gasteiger partial charge in [0.2, 0.25) is 5.95 Å². The topological polar surface area (TPSA) is 63.8 Å². The molecule has 0 spiro atoms. The molecule has 16 heavy (non-hydrogen) atoms. The van der Waals surface area contributed by atoms with Crippen LogP contribution >= 0.6 is 23.2 Å². The number of hydrogen-bond acceptors (Lipinski definition) is 4. The van der Waals surface area contributed by atoms with Crippen molar-refractivity contribution in [2.45, 2.75) is 0 Å². The van der Waals surface area contributed by atoms with Crippen LogP contribution in [0.25, 0.3) is 0 Å². The average molecular weight is 255 g/mol. The molecule has 6 heteroatoms. The van der Waals surface area contributed by atoms with E-state index < -0.39 is 0 Å². The molecule has 0 saturated heterocycles. The summed E-state index contributed by atoms with van der Waals surface area (Å²) in [6.45, 7) is 0. The van der Waals surface area contributed by atoms with Gasteiger partial charge in [0.1, 0.15) is 5.82 Å². The van der Waals surface area contributed by atoms with Gasteiger partial charge < -0.3 is 11.1 Å². The zero-order chi connectivity index (χ0) is 11.5. The highest BCUT2D eigenvalue weighted by atomic mass is 35.5. The maximum atomic E-state index is 5.99. The number of hydrogen-bond donors (Lipinski definition) is 2. The first kappa shape index (κ1) is 11.0. The van der Waals surface area contributed by atoms with Crippen molar-refractivity contribution < 1.29 is 0 Å². The van der Waals surface area contributed by atoms with E-state index in [-0.39, 0.29) is 5.95 Å². The Bertz CT molecular complexity index is 516. The molecular formula is C10H8Cl2N4. The predicted octanol–water partition coefficient (Wildman–Crippen LogP) is 3.11. The van der Waals surface area contributed by atoms with E-state index in [4.69, 9.17) is 28.9 Å². The highest BCUT2D eigenvalue weighted by Gasteiger charge is 2.02. The lowest BCUT2D eigenvalue weighted by Gasteiger charge is -2.07. The quantitative estimate of drug-likeness (QED) is 0.865. The fraction of sp³-hybridized carbons (Fsp3) is 0. The molecule has 0 atom stereocenters. The van der Waals surface area contributed by atoms with Crippen molar-refractivity contribution in [1.29, 1.82) is 0 Å². The van der Waals surface area contributed by atoms with Gasteiger partial charge in [-0.15, -0.1) is 0 Å². The van der Waals surface area contributed by atoms with Gasteiger partial charge in [-0.25, -0.2) is 4.98 Å². The maximum absolute atomic E-state index is 5.99. The minimum absolute atomic E-state index is 0.197. The molecule has 0 unspecified atom stereocenters. The van der Waals surface area contributed by atoms with Crippen LogP contribution < -0.4 is 11.1 Å². The molecule has 2 aromatic rings. The number of nitrogens with two attached hydrogens (primary N) is 1. The first-order valence-corrected chi connectivity index (χ1v) is 5.21. The van der Waals surface area contributed by atoms with Gasteiger partial charge in [0.05, 0.1) is 10.7 Å². The van der Waals surface area contributed by atoms with Crippen LogP contribution in [0.3, 0.4) is 0 Å². The van der Waals surface area contributed by atoms with Gasteiger partial charge in [-0.3, -0.25) is 0 Å². The molecule has 0 aliphatic rings. The molecule has 0 aliphatic heterocycles. The second kappa shape index (κ2) is 4.55. The Morgan fingerprint density at radius 2 is 2.00 bits per heavy atom. The Morgan fingerprint density at radius 1 is 1.19 bits per heavy atom. The van der Waals surface area contributed by atoms with Crippen LogP contribution in [0.5, 0.6) is 0 Å². The van der Waals surface area contributed by atoms with E-state index in [9.17, 15) is 0 Å². The van der Waals surface area contributed by atoms with Crippen LogP contribution in [0.15, 0.2) is 30.5 Å². The Balaban J connectivity index is 2.30. The van der Waals surface area contributed by atoms with Crippen LogP contribution in [-0.2, 0) is 0 Å². The first-order valence-electron chi connectivity index (χ1n) is 4.46. The summed E-state index contributed by atoms with van der Waals surface area (Å²) in [5.41, 5.74) is 6.13. The van der Waals surface area contributed by atoms with Gasteiger partial charge in [0, 0.05) is 11.2 Å². The minimum Gasteiger partial charge on any atom is -0.368 e.